The van der Waals surface area contributed by atoms with E-state index in [-0.39, 0.29) is 5.91 Å². The smallest absolute Gasteiger partial charge is 0.258 e. The van der Waals surface area contributed by atoms with Gasteiger partial charge in [-0.3, -0.25) is 14.8 Å². The number of hydrogen-bond acceptors (Lipinski definition) is 6. The molecule has 0 saturated carbocycles. The van der Waals surface area contributed by atoms with Gasteiger partial charge in [0.15, 0.2) is 16.5 Å². The van der Waals surface area contributed by atoms with E-state index in [0.717, 1.165) is 17.0 Å². The van der Waals surface area contributed by atoms with Crippen molar-refractivity contribution in [2.45, 2.75) is 6.92 Å². The van der Waals surface area contributed by atoms with E-state index in [0.29, 0.717) is 33.2 Å². The number of nitrogens with zero attached hydrogens (tertiary/aromatic N) is 4. The molecule has 0 unspecified atom stereocenters. The summed E-state index contributed by atoms with van der Waals surface area (Å²) in [6.45, 7) is 1.87. The maximum atomic E-state index is 13.2. The second-order valence-electron chi connectivity index (χ2n) is 6.80. The van der Waals surface area contributed by atoms with Gasteiger partial charge < -0.3 is 4.42 Å². The molecule has 0 radical (unpaired) electrons. The van der Waals surface area contributed by atoms with Gasteiger partial charge in [0.05, 0.1) is 28.6 Å². The van der Waals surface area contributed by atoms with Crippen LogP contribution in [0, 0.1) is 6.92 Å². The van der Waals surface area contributed by atoms with Gasteiger partial charge in [0.1, 0.15) is 5.69 Å². The largest absolute Gasteiger partial charge is 0.463 e. The van der Waals surface area contributed by atoms with Crippen LogP contribution in [0.15, 0.2) is 64.6 Å². The number of amides is 1. The molecular weight excluding hydrogens is 398 g/mol. The van der Waals surface area contributed by atoms with E-state index in [4.69, 9.17) is 4.42 Å². The Morgan fingerprint density at radius 2 is 1.93 bits per heavy atom. The predicted octanol–water partition coefficient (Wildman–Crippen LogP) is 4.91. The molecule has 4 aromatic heterocycles. The zero-order chi connectivity index (χ0) is 20.7. The first-order valence-corrected chi connectivity index (χ1v) is 10.2. The first kappa shape index (κ1) is 18.3. The molecule has 0 aliphatic rings. The Morgan fingerprint density at radius 3 is 2.70 bits per heavy atom. The van der Waals surface area contributed by atoms with Crippen molar-refractivity contribution in [1.29, 1.82) is 0 Å². The second kappa shape index (κ2) is 7.23. The number of thiazole rings is 1. The number of carbonyl (C=O) groups is 1. The van der Waals surface area contributed by atoms with Gasteiger partial charge in [-0.2, -0.15) is 5.10 Å². The van der Waals surface area contributed by atoms with Gasteiger partial charge in [0, 0.05) is 18.0 Å². The number of nitrogens with one attached hydrogen (secondary N) is 1. The monoisotopic (exact) mass is 415 g/mol. The molecule has 5 rings (SSSR count). The summed E-state index contributed by atoms with van der Waals surface area (Å²) in [6.07, 6.45) is 1.58. The molecule has 0 fully saturated rings. The van der Waals surface area contributed by atoms with Crippen LogP contribution < -0.4 is 5.32 Å². The molecule has 7 nitrogen and oxygen atoms in total. The summed E-state index contributed by atoms with van der Waals surface area (Å²) >= 11 is 1.39. The number of rotatable bonds is 4. The molecular formula is C22H17N5O2S. The number of benzene rings is 1. The molecule has 4 heterocycles. The van der Waals surface area contributed by atoms with E-state index >= 15 is 0 Å². The van der Waals surface area contributed by atoms with Crippen LogP contribution >= 0.6 is 11.3 Å². The summed E-state index contributed by atoms with van der Waals surface area (Å²) in [4.78, 5) is 22.4. The van der Waals surface area contributed by atoms with Crippen LogP contribution in [0.5, 0.6) is 0 Å². The van der Waals surface area contributed by atoms with Crippen LogP contribution in [0.3, 0.4) is 0 Å². The summed E-state index contributed by atoms with van der Waals surface area (Å²) in [5, 5.41) is 10.5. The van der Waals surface area contributed by atoms with E-state index < -0.39 is 0 Å². The molecule has 0 aliphatic carbocycles. The van der Waals surface area contributed by atoms with Gasteiger partial charge in [0.2, 0.25) is 0 Å². The molecule has 148 valence electrons. The van der Waals surface area contributed by atoms with Gasteiger partial charge >= 0.3 is 0 Å². The van der Waals surface area contributed by atoms with Crippen LogP contribution in [0.4, 0.5) is 5.13 Å². The lowest BCUT2D eigenvalue weighted by Gasteiger charge is -2.07. The maximum absolute atomic E-state index is 13.2. The summed E-state index contributed by atoms with van der Waals surface area (Å²) in [5.41, 5.74) is 4.24. The Bertz CT molecular complexity index is 1350. The van der Waals surface area contributed by atoms with Crippen LogP contribution in [-0.4, -0.2) is 25.7 Å². The van der Waals surface area contributed by atoms with Crippen LogP contribution in [0.1, 0.15) is 16.1 Å². The van der Waals surface area contributed by atoms with Crippen molar-refractivity contribution in [3.63, 3.8) is 0 Å². The third-order valence-corrected chi connectivity index (χ3v) is 5.54. The highest BCUT2D eigenvalue weighted by Crippen LogP contribution is 2.29. The average Bonchev–Trinajstić information content (AvgIpc) is 3.50. The van der Waals surface area contributed by atoms with Gasteiger partial charge in [-0.05, 0) is 25.1 Å². The Hall–Kier alpha value is -3.78. The zero-order valence-electron chi connectivity index (χ0n) is 16.3. The SMILES string of the molecule is Cc1nn(C)c2nc(-c3ccco3)cc(C(=O)Nc3nc(-c4ccccc4)cs3)c12. The van der Waals surface area contributed by atoms with E-state index in [9.17, 15) is 4.79 Å². The fourth-order valence-electron chi connectivity index (χ4n) is 3.41. The number of aryl methyl sites for hydroxylation is 2. The number of pyridine rings is 1. The van der Waals surface area contributed by atoms with Crippen molar-refractivity contribution < 1.29 is 9.21 Å². The molecule has 0 spiro atoms. The molecule has 0 saturated heterocycles. The van der Waals surface area contributed by atoms with E-state index in [1.54, 1.807) is 23.1 Å². The summed E-state index contributed by atoms with van der Waals surface area (Å²) in [6, 6.07) is 15.2. The lowest BCUT2D eigenvalue weighted by atomic mass is 10.1. The zero-order valence-corrected chi connectivity index (χ0v) is 17.1. The first-order valence-electron chi connectivity index (χ1n) is 9.30. The lowest BCUT2D eigenvalue weighted by molar-refractivity contribution is 0.102. The third-order valence-electron chi connectivity index (χ3n) is 4.78. The van der Waals surface area contributed by atoms with Crippen molar-refractivity contribution in [3.8, 4) is 22.7 Å². The third kappa shape index (κ3) is 3.17. The molecule has 8 heteroatoms. The van der Waals surface area contributed by atoms with Gasteiger partial charge in [-0.1, -0.05) is 30.3 Å². The fourth-order valence-corrected chi connectivity index (χ4v) is 4.13. The van der Waals surface area contributed by atoms with Gasteiger partial charge in [-0.25, -0.2) is 9.97 Å². The summed E-state index contributed by atoms with van der Waals surface area (Å²) < 4.78 is 7.16. The number of aromatic nitrogens is 4. The molecule has 0 bridgehead atoms. The fraction of sp³-hybridized carbons (Fsp3) is 0.0909. The van der Waals surface area contributed by atoms with Crippen LogP contribution in [-0.2, 0) is 7.05 Å². The minimum absolute atomic E-state index is 0.264. The molecule has 0 aliphatic heterocycles. The maximum Gasteiger partial charge on any atom is 0.258 e. The standard InChI is InChI=1S/C22H17N5O2S/c1-13-19-15(11-16(18-9-6-10-29-18)23-20(19)27(2)26-13)21(28)25-22-24-17(12-30-22)14-7-4-3-5-8-14/h3-12H,1-2H3,(H,24,25,28). The van der Waals surface area contributed by atoms with Crippen molar-refractivity contribution in [3.05, 3.63) is 71.4 Å². The molecule has 5 aromatic rings. The van der Waals surface area contributed by atoms with Crippen molar-refractivity contribution in [1.82, 2.24) is 19.7 Å². The first-order chi connectivity index (χ1) is 14.6. The van der Waals surface area contributed by atoms with E-state index in [1.165, 1.54) is 11.3 Å². The summed E-state index contributed by atoms with van der Waals surface area (Å²) in [5.74, 6) is 0.325. The normalized spacial score (nSPS) is 11.1. The quantitative estimate of drug-likeness (QED) is 0.451. The lowest BCUT2D eigenvalue weighted by Crippen LogP contribution is -2.13. The topological polar surface area (TPSA) is 85.8 Å². The van der Waals surface area contributed by atoms with Crippen molar-refractivity contribution in [2.75, 3.05) is 5.32 Å². The Balaban J connectivity index is 1.54. The van der Waals surface area contributed by atoms with E-state index in [1.807, 2.05) is 55.7 Å². The number of hydrogen-bond donors (Lipinski definition) is 1. The van der Waals surface area contributed by atoms with Gasteiger partial charge in [0.25, 0.3) is 5.91 Å². The number of fused-ring (bicyclic) bond motifs is 1. The Kier molecular flexibility index (Phi) is 4.40. The molecule has 1 amide bonds. The van der Waals surface area contributed by atoms with Crippen LogP contribution in [0.2, 0.25) is 0 Å². The predicted molar refractivity (Wildman–Crippen MR) is 116 cm³/mol. The minimum atomic E-state index is -0.264. The minimum Gasteiger partial charge on any atom is -0.463 e. The Morgan fingerprint density at radius 1 is 1.10 bits per heavy atom. The van der Waals surface area contributed by atoms with Crippen molar-refractivity contribution >= 4 is 33.4 Å². The van der Waals surface area contributed by atoms with Crippen molar-refractivity contribution in [2.24, 2.45) is 7.05 Å². The number of anilines is 1. The second-order valence-corrected chi connectivity index (χ2v) is 7.66. The average molecular weight is 415 g/mol. The Labute approximate surface area is 176 Å². The van der Waals surface area contributed by atoms with E-state index in [2.05, 4.69) is 20.4 Å². The van der Waals surface area contributed by atoms with Crippen LogP contribution in [0.25, 0.3) is 33.7 Å². The molecule has 1 N–H and O–H groups in total. The highest BCUT2D eigenvalue weighted by molar-refractivity contribution is 7.14. The number of carbonyl (C=O) groups excluding carboxylic acids is 1. The molecule has 30 heavy (non-hydrogen) atoms. The number of furan rings is 1. The highest BCUT2D eigenvalue weighted by atomic mass is 32.1. The summed E-state index contributed by atoms with van der Waals surface area (Å²) in [7, 11) is 1.81. The highest BCUT2D eigenvalue weighted by Gasteiger charge is 2.21. The molecule has 0 atom stereocenters. The molecule has 1 aromatic carbocycles. The van der Waals surface area contributed by atoms with Gasteiger partial charge in [-0.15, -0.1) is 11.3 Å².